The third-order valence-corrected chi connectivity index (χ3v) is 4.78. The van der Waals surface area contributed by atoms with Crippen molar-refractivity contribution in [3.8, 4) is 11.4 Å². The fourth-order valence-corrected chi connectivity index (χ4v) is 3.33. The molecular weight excluding hydrogens is 381 g/mol. The molecule has 0 bridgehead atoms. The SMILES string of the molecule is O=C(CCc1n[nH]c(=O)[nH]c1=O)NC1CCc2nnc(-c3ccc(F)cc3)n2C1. The van der Waals surface area contributed by atoms with Gasteiger partial charge in [-0.25, -0.2) is 14.3 Å². The number of H-pyrrole nitrogens is 2. The van der Waals surface area contributed by atoms with Gasteiger partial charge >= 0.3 is 5.69 Å². The van der Waals surface area contributed by atoms with E-state index in [1.807, 2.05) is 4.57 Å². The molecule has 2 aromatic heterocycles. The predicted octanol–water partition coefficient (Wildman–Crippen LogP) is -0.0804. The van der Waals surface area contributed by atoms with Crippen molar-refractivity contribution in [3.05, 3.63) is 62.4 Å². The lowest BCUT2D eigenvalue weighted by atomic mass is 10.1. The van der Waals surface area contributed by atoms with Crippen LogP contribution in [0.25, 0.3) is 11.4 Å². The Kier molecular flexibility index (Phi) is 5.02. The lowest BCUT2D eigenvalue weighted by Gasteiger charge is -2.25. The average Bonchev–Trinajstić information content (AvgIpc) is 3.11. The molecule has 11 heteroatoms. The van der Waals surface area contributed by atoms with Crippen LogP contribution >= 0.6 is 0 Å². The molecule has 3 heterocycles. The number of amides is 1. The highest BCUT2D eigenvalue weighted by molar-refractivity contribution is 5.76. The van der Waals surface area contributed by atoms with Gasteiger partial charge in [-0.15, -0.1) is 10.2 Å². The van der Waals surface area contributed by atoms with Gasteiger partial charge in [-0.2, -0.15) is 5.10 Å². The number of nitrogens with zero attached hydrogens (tertiary/aromatic N) is 4. The largest absolute Gasteiger partial charge is 0.352 e. The van der Waals surface area contributed by atoms with Crippen molar-refractivity contribution in [3.63, 3.8) is 0 Å². The monoisotopic (exact) mass is 399 g/mol. The number of halogens is 1. The summed E-state index contributed by atoms with van der Waals surface area (Å²) in [4.78, 5) is 37.0. The van der Waals surface area contributed by atoms with Crippen molar-refractivity contribution in [2.45, 2.75) is 38.3 Å². The predicted molar refractivity (Wildman–Crippen MR) is 99.5 cm³/mol. The first kappa shape index (κ1) is 18.7. The fraction of sp³-hybridized carbons (Fsp3) is 0.333. The van der Waals surface area contributed by atoms with Crippen molar-refractivity contribution >= 4 is 5.91 Å². The maximum atomic E-state index is 13.2. The summed E-state index contributed by atoms with van der Waals surface area (Å²) in [6.07, 6.45) is 1.55. The van der Waals surface area contributed by atoms with Crippen LogP contribution in [0, 0.1) is 5.82 Å². The number of benzene rings is 1. The fourth-order valence-electron chi connectivity index (χ4n) is 3.33. The highest BCUT2D eigenvalue weighted by atomic mass is 19.1. The Labute approximate surface area is 163 Å². The molecule has 0 aliphatic carbocycles. The van der Waals surface area contributed by atoms with Crippen molar-refractivity contribution in [1.82, 2.24) is 35.3 Å². The quantitative estimate of drug-likeness (QED) is 0.549. The van der Waals surface area contributed by atoms with Crippen molar-refractivity contribution in [2.24, 2.45) is 0 Å². The lowest BCUT2D eigenvalue weighted by Crippen LogP contribution is -2.41. The summed E-state index contributed by atoms with van der Waals surface area (Å²) in [7, 11) is 0. The number of aromatic amines is 2. The van der Waals surface area contributed by atoms with Crippen LogP contribution in [0.1, 0.15) is 24.4 Å². The molecular formula is C18H18FN7O3. The second kappa shape index (κ2) is 7.78. The van der Waals surface area contributed by atoms with E-state index in [0.717, 1.165) is 11.4 Å². The van der Waals surface area contributed by atoms with Crippen molar-refractivity contribution < 1.29 is 9.18 Å². The van der Waals surface area contributed by atoms with E-state index >= 15 is 0 Å². The summed E-state index contributed by atoms with van der Waals surface area (Å²) in [5.74, 6) is 0.900. The zero-order valence-electron chi connectivity index (χ0n) is 15.3. The second-order valence-corrected chi connectivity index (χ2v) is 6.81. The van der Waals surface area contributed by atoms with E-state index < -0.39 is 11.2 Å². The molecule has 1 amide bonds. The number of carbonyl (C=O) groups excluding carboxylic acids is 1. The second-order valence-electron chi connectivity index (χ2n) is 6.81. The molecule has 3 N–H and O–H groups in total. The van der Waals surface area contributed by atoms with Gasteiger partial charge in [-0.1, -0.05) is 0 Å². The lowest BCUT2D eigenvalue weighted by molar-refractivity contribution is -0.122. The number of aryl methyl sites for hydroxylation is 2. The molecule has 1 aromatic carbocycles. The van der Waals surface area contributed by atoms with E-state index in [0.29, 0.717) is 25.2 Å². The van der Waals surface area contributed by atoms with Gasteiger partial charge < -0.3 is 9.88 Å². The van der Waals surface area contributed by atoms with Crippen LogP contribution in [0.15, 0.2) is 33.9 Å². The molecule has 1 aliphatic heterocycles. The summed E-state index contributed by atoms with van der Waals surface area (Å²) in [6.45, 7) is 0.498. The third kappa shape index (κ3) is 4.13. The van der Waals surface area contributed by atoms with E-state index in [2.05, 4.69) is 30.7 Å². The molecule has 4 rings (SSSR count). The maximum absolute atomic E-state index is 13.2. The number of carbonyl (C=O) groups is 1. The third-order valence-electron chi connectivity index (χ3n) is 4.78. The summed E-state index contributed by atoms with van der Waals surface area (Å²) < 4.78 is 15.1. The van der Waals surface area contributed by atoms with Gasteiger partial charge in [0.15, 0.2) is 5.82 Å². The molecule has 150 valence electrons. The van der Waals surface area contributed by atoms with E-state index in [1.54, 1.807) is 12.1 Å². The summed E-state index contributed by atoms with van der Waals surface area (Å²) >= 11 is 0. The summed E-state index contributed by atoms with van der Waals surface area (Å²) in [6, 6.07) is 5.90. The minimum absolute atomic E-state index is 0.0679. The van der Waals surface area contributed by atoms with Crippen LogP contribution in [-0.2, 0) is 24.2 Å². The van der Waals surface area contributed by atoms with Gasteiger partial charge in [0, 0.05) is 37.4 Å². The van der Waals surface area contributed by atoms with Gasteiger partial charge in [-0.05, 0) is 30.7 Å². The van der Waals surface area contributed by atoms with Crippen molar-refractivity contribution in [1.29, 1.82) is 0 Å². The van der Waals surface area contributed by atoms with Gasteiger partial charge in [0.05, 0.1) is 0 Å². The molecule has 3 aromatic rings. The smallest absolute Gasteiger partial charge is 0.342 e. The molecule has 10 nitrogen and oxygen atoms in total. The van der Waals surface area contributed by atoms with Crippen LogP contribution in [0.4, 0.5) is 4.39 Å². The number of nitrogens with one attached hydrogen (secondary N) is 3. The number of hydrogen-bond donors (Lipinski definition) is 3. The molecule has 29 heavy (non-hydrogen) atoms. The Bertz CT molecular complexity index is 1150. The first-order chi connectivity index (χ1) is 14.0. The zero-order chi connectivity index (χ0) is 20.4. The Morgan fingerprint density at radius 2 is 2.03 bits per heavy atom. The number of hydrogen-bond acceptors (Lipinski definition) is 6. The van der Waals surface area contributed by atoms with Gasteiger partial charge in [0.25, 0.3) is 5.56 Å². The zero-order valence-corrected chi connectivity index (χ0v) is 15.3. The van der Waals surface area contributed by atoms with Crippen LogP contribution in [0.3, 0.4) is 0 Å². The first-order valence-corrected chi connectivity index (χ1v) is 9.15. The highest BCUT2D eigenvalue weighted by Crippen LogP contribution is 2.23. The molecule has 0 saturated carbocycles. The standard InChI is InChI=1S/C18H18FN7O3/c19-11-3-1-10(2-4-11)16-24-23-14-7-5-12(9-26(14)16)20-15(27)8-6-13-17(28)21-18(29)25-22-13/h1-4,12H,5-9H2,(H,20,27)(H2,21,25,28,29). The maximum Gasteiger partial charge on any atom is 0.342 e. The Morgan fingerprint density at radius 3 is 2.79 bits per heavy atom. The first-order valence-electron chi connectivity index (χ1n) is 9.15. The average molecular weight is 399 g/mol. The molecule has 0 radical (unpaired) electrons. The number of fused-ring (bicyclic) bond motifs is 1. The Balaban J connectivity index is 1.40. The van der Waals surface area contributed by atoms with Crippen LogP contribution < -0.4 is 16.6 Å². The van der Waals surface area contributed by atoms with Crippen LogP contribution in [0.2, 0.25) is 0 Å². The van der Waals surface area contributed by atoms with E-state index in [4.69, 9.17) is 0 Å². The Morgan fingerprint density at radius 1 is 1.24 bits per heavy atom. The number of aromatic nitrogens is 6. The van der Waals surface area contributed by atoms with E-state index in [9.17, 15) is 18.8 Å². The molecule has 0 saturated heterocycles. The van der Waals surface area contributed by atoms with Crippen LogP contribution in [-0.4, -0.2) is 41.9 Å². The summed E-state index contributed by atoms with van der Waals surface area (Å²) in [5.41, 5.74) is -0.437. The molecule has 0 fully saturated rings. The molecule has 1 aliphatic rings. The normalized spacial score (nSPS) is 15.7. The van der Waals surface area contributed by atoms with Gasteiger partial charge in [-0.3, -0.25) is 14.6 Å². The highest BCUT2D eigenvalue weighted by Gasteiger charge is 2.24. The van der Waals surface area contributed by atoms with Crippen LogP contribution in [0.5, 0.6) is 0 Å². The van der Waals surface area contributed by atoms with E-state index in [1.165, 1.54) is 12.1 Å². The van der Waals surface area contributed by atoms with Crippen molar-refractivity contribution in [2.75, 3.05) is 0 Å². The van der Waals surface area contributed by atoms with Gasteiger partial charge in [0.2, 0.25) is 5.91 Å². The Hall–Kier alpha value is -3.63. The topological polar surface area (TPSA) is 138 Å². The van der Waals surface area contributed by atoms with E-state index in [-0.39, 0.29) is 36.3 Å². The van der Waals surface area contributed by atoms with Gasteiger partial charge in [0.1, 0.15) is 17.3 Å². The molecule has 0 spiro atoms. The molecule has 1 atom stereocenters. The number of rotatable bonds is 5. The molecule has 1 unspecified atom stereocenters. The summed E-state index contributed by atoms with van der Waals surface area (Å²) in [5, 5.41) is 17.2. The minimum atomic E-state index is -0.688. The minimum Gasteiger partial charge on any atom is -0.352 e.